The Kier molecular flexibility index (Phi) is 6.56. The second-order valence-electron chi connectivity index (χ2n) is 5.66. The van der Waals surface area contributed by atoms with Crippen LogP contribution in [0.3, 0.4) is 0 Å². The first-order valence-corrected chi connectivity index (χ1v) is 8.40. The Labute approximate surface area is 144 Å². The minimum absolute atomic E-state index is 0.000566. The molecule has 6 nitrogen and oxygen atoms in total. The van der Waals surface area contributed by atoms with E-state index in [1.54, 1.807) is 4.90 Å². The number of benzene rings is 1. The summed E-state index contributed by atoms with van der Waals surface area (Å²) in [6.45, 7) is 1.31. The van der Waals surface area contributed by atoms with E-state index in [0.717, 1.165) is 10.2 Å². The average Bonchev–Trinajstić information content (AvgIpc) is 2.56. The highest BCUT2D eigenvalue weighted by Crippen LogP contribution is 2.21. The molecule has 7 heteroatoms. The van der Waals surface area contributed by atoms with Crippen molar-refractivity contribution in [3.63, 3.8) is 0 Å². The lowest BCUT2D eigenvalue weighted by Crippen LogP contribution is -2.49. The largest absolute Gasteiger partial charge is 0.383 e. The van der Waals surface area contributed by atoms with Crippen LogP contribution >= 0.6 is 15.9 Å². The Hall–Kier alpha value is -1.44. The quantitative estimate of drug-likeness (QED) is 0.808. The summed E-state index contributed by atoms with van der Waals surface area (Å²) in [5, 5.41) is 2.92. The fourth-order valence-corrected chi connectivity index (χ4v) is 2.89. The van der Waals surface area contributed by atoms with Gasteiger partial charge in [-0.15, -0.1) is 0 Å². The summed E-state index contributed by atoms with van der Waals surface area (Å²) in [5.74, 6) is -0.194. The van der Waals surface area contributed by atoms with E-state index < -0.39 is 6.04 Å². The standard InChI is InChI=1S/C16H22BrN3O3/c1-23-10-14(18)16(22)20-8-6-11(7-9-20)15(21)19-13-4-2-12(17)3-5-13/h2-5,11,14H,6-10,18H2,1H3,(H,19,21). The Morgan fingerprint density at radius 2 is 1.96 bits per heavy atom. The fraction of sp³-hybridized carbons (Fsp3) is 0.500. The number of rotatable bonds is 5. The van der Waals surface area contributed by atoms with Crippen LogP contribution in [0, 0.1) is 5.92 Å². The monoisotopic (exact) mass is 383 g/mol. The molecule has 1 fully saturated rings. The van der Waals surface area contributed by atoms with E-state index in [-0.39, 0.29) is 24.3 Å². The predicted molar refractivity (Wildman–Crippen MR) is 91.9 cm³/mol. The van der Waals surface area contributed by atoms with Crippen LogP contribution in [-0.2, 0) is 14.3 Å². The van der Waals surface area contributed by atoms with Crippen molar-refractivity contribution in [3.05, 3.63) is 28.7 Å². The second-order valence-corrected chi connectivity index (χ2v) is 6.57. The normalized spacial score (nSPS) is 16.9. The first-order valence-electron chi connectivity index (χ1n) is 7.61. The van der Waals surface area contributed by atoms with Gasteiger partial charge in [-0.3, -0.25) is 9.59 Å². The van der Waals surface area contributed by atoms with Gasteiger partial charge < -0.3 is 20.7 Å². The molecule has 0 spiro atoms. The topological polar surface area (TPSA) is 84.7 Å². The van der Waals surface area contributed by atoms with Crippen LogP contribution in [0.1, 0.15) is 12.8 Å². The SMILES string of the molecule is COCC(N)C(=O)N1CCC(C(=O)Nc2ccc(Br)cc2)CC1. The Morgan fingerprint density at radius 3 is 2.52 bits per heavy atom. The zero-order valence-electron chi connectivity index (χ0n) is 13.1. The first-order chi connectivity index (χ1) is 11.0. The van der Waals surface area contributed by atoms with Gasteiger partial charge in [0.2, 0.25) is 11.8 Å². The number of nitrogens with one attached hydrogen (secondary N) is 1. The number of carbonyl (C=O) groups is 2. The molecule has 0 radical (unpaired) electrons. The van der Waals surface area contributed by atoms with Gasteiger partial charge in [0.15, 0.2) is 0 Å². The maximum atomic E-state index is 12.3. The lowest BCUT2D eigenvalue weighted by molar-refractivity contribution is -0.136. The van der Waals surface area contributed by atoms with E-state index in [9.17, 15) is 9.59 Å². The number of methoxy groups -OCH3 is 1. The second kappa shape index (κ2) is 8.42. The summed E-state index contributed by atoms with van der Waals surface area (Å²) in [6, 6.07) is 6.84. The smallest absolute Gasteiger partial charge is 0.241 e. The molecule has 126 valence electrons. The van der Waals surface area contributed by atoms with E-state index >= 15 is 0 Å². The van der Waals surface area contributed by atoms with Crippen molar-refractivity contribution in [2.24, 2.45) is 11.7 Å². The van der Waals surface area contributed by atoms with E-state index in [0.29, 0.717) is 25.9 Å². The maximum Gasteiger partial charge on any atom is 0.241 e. The van der Waals surface area contributed by atoms with Gasteiger partial charge >= 0.3 is 0 Å². The molecule has 0 aliphatic carbocycles. The number of amides is 2. The number of hydrogen-bond donors (Lipinski definition) is 2. The minimum atomic E-state index is -0.631. The van der Waals surface area contributed by atoms with Crippen molar-refractivity contribution in [2.75, 3.05) is 32.1 Å². The highest BCUT2D eigenvalue weighted by molar-refractivity contribution is 9.10. The summed E-state index contributed by atoms with van der Waals surface area (Å²) in [7, 11) is 1.52. The van der Waals surface area contributed by atoms with Gasteiger partial charge in [-0.05, 0) is 37.1 Å². The van der Waals surface area contributed by atoms with Gasteiger partial charge in [-0.2, -0.15) is 0 Å². The molecule has 23 heavy (non-hydrogen) atoms. The van der Waals surface area contributed by atoms with Crippen LogP contribution in [-0.4, -0.2) is 49.6 Å². The number of nitrogens with zero attached hydrogens (tertiary/aromatic N) is 1. The summed E-state index contributed by atoms with van der Waals surface area (Å²) < 4.78 is 5.88. The van der Waals surface area contributed by atoms with Crippen molar-refractivity contribution in [2.45, 2.75) is 18.9 Å². The van der Waals surface area contributed by atoms with Gasteiger partial charge in [0, 0.05) is 36.3 Å². The predicted octanol–water partition coefficient (Wildman–Crippen LogP) is 1.60. The number of ether oxygens (including phenoxy) is 1. The van der Waals surface area contributed by atoms with Crippen molar-refractivity contribution in [3.8, 4) is 0 Å². The van der Waals surface area contributed by atoms with E-state index in [2.05, 4.69) is 21.2 Å². The zero-order chi connectivity index (χ0) is 16.8. The molecule has 1 unspecified atom stereocenters. The third-order valence-corrected chi connectivity index (χ3v) is 4.48. The maximum absolute atomic E-state index is 12.3. The van der Waals surface area contributed by atoms with Crippen LogP contribution in [0.4, 0.5) is 5.69 Å². The molecule has 2 amide bonds. The van der Waals surface area contributed by atoms with Crippen LogP contribution < -0.4 is 11.1 Å². The van der Waals surface area contributed by atoms with Crippen LogP contribution in [0.25, 0.3) is 0 Å². The van der Waals surface area contributed by atoms with E-state index in [4.69, 9.17) is 10.5 Å². The zero-order valence-corrected chi connectivity index (χ0v) is 14.7. The molecule has 0 aromatic heterocycles. The lowest BCUT2D eigenvalue weighted by Gasteiger charge is -2.32. The number of anilines is 1. The molecule has 0 saturated carbocycles. The van der Waals surface area contributed by atoms with Gasteiger partial charge in [0.05, 0.1) is 6.61 Å². The third kappa shape index (κ3) is 5.02. The van der Waals surface area contributed by atoms with Crippen LogP contribution in [0.5, 0.6) is 0 Å². The summed E-state index contributed by atoms with van der Waals surface area (Å²) in [6.07, 6.45) is 1.29. The first kappa shape index (κ1) is 17.9. The van der Waals surface area contributed by atoms with Gasteiger partial charge in [-0.25, -0.2) is 0 Å². The molecule has 1 aromatic rings. The van der Waals surface area contributed by atoms with Gasteiger partial charge in [0.25, 0.3) is 0 Å². The van der Waals surface area contributed by atoms with Crippen molar-refractivity contribution >= 4 is 33.4 Å². The van der Waals surface area contributed by atoms with Crippen molar-refractivity contribution < 1.29 is 14.3 Å². The number of piperidine rings is 1. The van der Waals surface area contributed by atoms with E-state index in [1.165, 1.54) is 7.11 Å². The molecule has 3 N–H and O–H groups in total. The molecular formula is C16H22BrN3O3. The molecule has 2 rings (SSSR count). The summed E-state index contributed by atoms with van der Waals surface area (Å²) >= 11 is 3.36. The molecule has 1 saturated heterocycles. The molecule has 1 atom stereocenters. The highest BCUT2D eigenvalue weighted by Gasteiger charge is 2.29. The van der Waals surface area contributed by atoms with E-state index in [1.807, 2.05) is 24.3 Å². The number of nitrogens with two attached hydrogens (primary N) is 1. The Balaban J connectivity index is 1.82. The van der Waals surface area contributed by atoms with Crippen molar-refractivity contribution in [1.82, 2.24) is 4.90 Å². The van der Waals surface area contributed by atoms with Gasteiger partial charge in [0.1, 0.15) is 6.04 Å². The average molecular weight is 384 g/mol. The molecule has 1 aliphatic rings. The number of carbonyl (C=O) groups excluding carboxylic acids is 2. The minimum Gasteiger partial charge on any atom is -0.383 e. The molecule has 1 aliphatic heterocycles. The molecular weight excluding hydrogens is 362 g/mol. The van der Waals surface area contributed by atoms with Crippen LogP contribution in [0.2, 0.25) is 0 Å². The summed E-state index contributed by atoms with van der Waals surface area (Å²) in [5.41, 5.74) is 6.54. The molecule has 1 heterocycles. The Morgan fingerprint density at radius 1 is 1.35 bits per heavy atom. The highest BCUT2D eigenvalue weighted by atomic mass is 79.9. The van der Waals surface area contributed by atoms with Crippen LogP contribution in [0.15, 0.2) is 28.7 Å². The fourth-order valence-electron chi connectivity index (χ4n) is 2.62. The summed E-state index contributed by atoms with van der Waals surface area (Å²) in [4.78, 5) is 26.1. The third-order valence-electron chi connectivity index (χ3n) is 3.95. The Bertz CT molecular complexity index is 542. The molecule has 1 aromatic carbocycles. The number of likely N-dealkylation sites (tertiary alicyclic amines) is 1. The van der Waals surface area contributed by atoms with Gasteiger partial charge in [-0.1, -0.05) is 15.9 Å². The number of hydrogen-bond acceptors (Lipinski definition) is 4. The number of halogens is 1. The molecule has 0 bridgehead atoms. The van der Waals surface area contributed by atoms with Crippen molar-refractivity contribution in [1.29, 1.82) is 0 Å². The lowest BCUT2D eigenvalue weighted by atomic mass is 9.95.